The first-order valence-electron chi connectivity index (χ1n) is 5.20. The Bertz CT molecular complexity index is 297. The van der Waals surface area contributed by atoms with Gasteiger partial charge in [-0.2, -0.15) is 5.10 Å². The maximum Gasteiger partial charge on any atom is 0.0823 e. The van der Waals surface area contributed by atoms with E-state index in [0.717, 1.165) is 24.8 Å². The summed E-state index contributed by atoms with van der Waals surface area (Å²) in [5.41, 5.74) is 1.31. The first kappa shape index (κ1) is 10.1. The molecule has 2 unspecified atom stereocenters. The molecule has 1 aromatic rings. The summed E-state index contributed by atoms with van der Waals surface area (Å²) < 4.78 is 2.03. The summed E-state index contributed by atoms with van der Waals surface area (Å²) in [5.74, 6) is 0. The van der Waals surface area contributed by atoms with Gasteiger partial charge in [0, 0.05) is 30.1 Å². The van der Waals surface area contributed by atoms with E-state index in [1.807, 2.05) is 22.6 Å². The van der Waals surface area contributed by atoms with Crippen molar-refractivity contribution in [2.75, 3.05) is 6.54 Å². The third-order valence-electron chi connectivity index (χ3n) is 2.37. The Kier molecular flexibility index (Phi) is 3.13. The average Bonchev–Trinajstić information content (AvgIpc) is 2.74. The molecule has 4 heteroatoms. The van der Waals surface area contributed by atoms with E-state index in [4.69, 9.17) is 0 Å². The summed E-state index contributed by atoms with van der Waals surface area (Å²) in [6, 6.07) is 0. The van der Waals surface area contributed by atoms with Crippen molar-refractivity contribution in [2.24, 2.45) is 0 Å². The smallest absolute Gasteiger partial charge is 0.0823 e. The van der Waals surface area contributed by atoms with Gasteiger partial charge in [0.2, 0.25) is 0 Å². The van der Waals surface area contributed by atoms with Crippen LogP contribution in [0.25, 0.3) is 0 Å². The minimum absolute atomic E-state index is 0.454. The number of hydrogen-bond donors (Lipinski definition) is 1. The van der Waals surface area contributed by atoms with Crippen LogP contribution < -0.4 is 5.32 Å². The number of aryl methyl sites for hydroxylation is 1. The van der Waals surface area contributed by atoms with E-state index >= 15 is 0 Å². The molecule has 0 bridgehead atoms. The molecule has 1 aliphatic rings. The standard InChI is InChI=1S/C10H17N3S/c1-3-4-13-7-9(6-12-13)10-11-5-8(2)14-10/h6-8,10-11H,3-5H2,1-2H3. The lowest BCUT2D eigenvalue weighted by Crippen LogP contribution is -2.13. The number of thioether (sulfide) groups is 1. The molecule has 1 aromatic heterocycles. The molecule has 1 saturated heterocycles. The fourth-order valence-electron chi connectivity index (χ4n) is 1.66. The number of nitrogens with zero attached hydrogens (tertiary/aromatic N) is 2. The van der Waals surface area contributed by atoms with Crippen LogP contribution in [0.3, 0.4) is 0 Å². The summed E-state index contributed by atoms with van der Waals surface area (Å²) in [6.07, 6.45) is 5.29. The van der Waals surface area contributed by atoms with Gasteiger partial charge in [-0.05, 0) is 6.42 Å². The molecule has 78 valence electrons. The molecule has 3 nitrogen and oxygen atoms in total. The molecule has 2 rings (SSSR count). The minimum atomic E-state index is 0.454. The van der Waals surface area contributed by atoms with Gasteiger partial charge < -0.3 is 5.32 Å². The normalized spacial score (nSPS) is 27.0. The van der Waals surface area contributed by atoms with Crippen LogP contribution in [0, 0.1) is 0 Å². The van der Waals surface area contributed by atoms with Crippen molar-refractivity contribution < 1.29 is 0 Å². The molecular weight excluding hydrogens is 194 g/mol. The molecule has 2 heterocycles. The van der Waals surface area contributed by atoms with E-state index in [2.05, 4.69) is 30.5 Å². The summed E-state index contributed by atoms with van der Waals surface area (Å²) >= 11 is 1.99. The quantitative estimate of drug-likeness (QED) is 0.829. The molecular formula is C10H17N3S. The third kappa shape index (κ3) is 2.12. The predicted octanol–water partition coefficient (Wildman–Crippen LogP) is 2.02. The van der Waals surface area contributed by atoms with Gasteiger partial charge in [-0.15, -0.1) is 11.8 Å². The number of aromatic nitrogens is 2. The Hall–Kier alpha value is -0.480. The molecule has 0 amide bonds. The Morgan fingerprint density at radius 3 is 3.21 bits per heavy atom. The number of hydrogen-bond acceptors (Lipinski definition) is 3. The Morgan fingerprint density at radius 1 is 1.71 bits per heavy atom. The highest BCUT2D eigenvalue weighted by atomic mass is 32.2. The summed E-state index contributed by atoms with van der Waals surface area (Å²) in [6.45, 7) is 6.56. The molecule has 1 aliphatic heterocycles. The van der Waals surface area contributed by atoms with Crippen LogP contribution in [0.2, 0.25) is 0 Å². The molecule has 0 radical (unpaired) electrons. The summed E-state index contributed by atoms with van der Waals surface area (Å²) in [4.78, 5) is 0. The molecule has 0 aliphatic carbocycles. The Labute approximate surface area is 89.3 Å². The fourth-order valence-corrected chi connectivity index (χ4v) is 2.79. The monoisotopic (exact) mass is 211 g/mol. The topological polar surface area (TPSA) is 29.9 Å². The van der Waals surface area contributed by atoms with Gasteiger partial charge in [0.05, 0.1) is 11.6 Å². The Morgan fingerprint density at radius 2 is 2.57 bits per heavy atom. The van der Waals surface area contributed by atoms with Crippen molar-refractivity contribution in [1.82, 2.24) is 15.1 Å². The first-order valence-corrected chi connectivity index (χ1v) is 6.15. The molecule has 0 aromatic carbocycles. The fraction of sp³-hybridized carbons (Fsp3) is 0.700. The average molecular weight is 211 g/mol. The van der Waals surface area contributed by atoms with E-state index in [-0.39, 0.29) is 0 Å². The van der Waals surface area contributed by atoms with Crippen LogP contribution in [0.4, 0.5) is 0 Å². The molecule has 1 fully saturated rings. The minimum Gasteiger partial charge on any atom is -0.300 e. The van der Waals surface area contributed by atoms with Gasteiger partial charge in [-0.3, -0.25) is 4.68 Å². The van der Waals surface area contributed by atoms with Crippen LogP contribution in [-0.4, -0.2) is 21.6 Å². The lowest BCUT2D eigenvalue weighted by atomic mass is 10.3. The predicted molar refractivity (Wildman–Crippen MR) is 60.3 cm³/mol. The van der Waals surface area contributed by atoms with Crippen molar-refractivity contribution in [3.8, 4) is 0 Å². The lowest BCUT2D eigenvalue weighted by molar-refractivity contribution is 0.601. The van der Waals surface area contributed by atoms with E-state index < -0.39 is 0 Å². The van der Waals surface area contributed by atoms with Crippen LogP contribution in [0.5, 0.6) is 0 Å². The van der Waals surface area contributed by atoms with E-state index in [1.165, 1.54) is 5.56 Å². The zero-order chi connectivity index (χ0) is 9.97. The SMILES string of the molecule is CCCn1cc(C2NCC(C)S2)cn1. The molecule has 2 atom stereocenters. The van der Waals surface area contributed by atoms with E-state index in [1.54, 1.807) is 0 Å². The van der Waals surface area contributed by atoms with Crippen molar-refractivity contribution in [3.05, 3.63) is 18.0 Å². The van der Waals surface area contributed by atoms with E-state index in [0.29, 0.717) is 5.37 Å². The number of nitrogens with one attached hydrogen (secondary N) is 1. The van der Waals surface area contributed by atoms with Crippen LogP contribution in [0.1, 0.15) is 31.2 Å². The zero-order valence-corrected chi connectivity index (χ0v) is 9.55. The molecule has 14 heavy (non-hydrogen) atoms. The van der Waals surface area contributed by atoms with E-state index in [9.17, 15) is 0 Å². The van der Waals surface area contributed by atoms with Crippen LogP contribution in [-0.2, 0) is 6.54 Å². The van der Waals surface area contributed by atoms with Gasteiger partial charge in [0.25, 0.3) is 0 Å². The van der Waals surface area contributed by atoms with Crippen LogP contribution >= 0.6 is 11.8 Å². The molecule has 0 saturated carbocycles. The van der Waals surface area contributed by atoms with Crippen LogP contribution in [0.15, 0.2) is 12.4 Å². The summed E-state index contributed by atoms with van der Waals surface area (Å²) in [5, 5.41) is 9.00. The first-order chi connectivity index (χ1) is 6.79. The van der Waals surface area contributed by atoms with Crippen molar-refractivity contribution in [3.63, 3.8) is 0 Å². The second-order valence-electron chi connectivity index (χ2n) is 3.77. The maximum atomic E-state index is 4.34. The van der Waals surface area contributed by atoms with Gasteiger partial charge in [-0.25, -0.2) is 0 Å². The zero-order valence-electron chi connectivity index (χ0n) is 8.73. The molecule has 1 N–H and O–H groups in total. The van der Waals surface area contributed by atoms with Crippen molar-refractivity contribution >= 4 is 11.8 Å². The molecule has 0 spiro atoms. The number of rotatable bonds is 3. The van der Waals surface area contributed by atoms with Gasteiger partial charge in [0.15, 0.2) is 0 Å². The lowest BCUT2D eigenvalue weighted by Gasteiger charge is -2.05. The third-order valence-corrected chi connectivity index (χ3v) is 3.71. The van der Waals surface area contributed by atoms with Gasteiger partial charge in [-0.1, -0.05) is 13.8 Å². The highest BCUT2D eigenvalue weighted by Crippen LogP contribution is 2.34. The van der Waals surface area contributed by atoms with Gasteiger partial charge >= 0.3 is 0 Å². The Balaban J connectivity index is 2.02. The highest BCUT2D eigenvalue weighted by molar-refractivity contribution is 8.00. The second-order valence-corrected chi connectivity index (χ2v) is 5.32. The second kappa shape index (κ2) is 4.36. The largest absolute Gasteiger partial charge is 0.300 e. The summed E-state index contributed by atoms with van der Waals surface area (Å²) in [7, 11) is 0. The maximum absolute atomic E-state index is 4.34. The van der Waals surface area contributed by atoms with Crippen molar-refractivity contribution in [1.29, 1.82) is 0 Å². The van der Waals surface area contributed by atoms with Crippen molar-refractivity contribution in [2.45, 2.75) is 37.4 Å². The highest BCUT2D eigenvalue weighted by Gasteiger charge is 2.23. The van der Waals surface area contributed by atoms with Gasteiger partial charge in [0.1, 0.15) is 0 Å².